The van der Waals surface area contributed by atoms with E-state index in [0.29, 0.717) is 6.04 Å². The van der Waals surface area contributed by atoms with Gasteiger partial charge in [0.25, 0.3) is 0 Å². The Morgan fingerprint density at radius 1 is 1.38 bits per heavy atom. The summed E-state index contributed by atoms with van der Waals surface area (Å²) in [5.41, 5.74) is 0. The Hall–Kier alpha value is -0.520. The van der Waals surface area contributed by atoms with Crippen molar-refractivity contribution in [1.82, 2.24) is 10.2 Å². The number of terminal acetylenes is 1. The molecule has 0 aromatic carbocycles. The zero-order valence-corrected chi connectivity index (χ0v) is 8.71. The Kier molecular flexibility index (Phi) is 4.27. The molecule has 74 valence electrons. The van der Waals surface area contributed by atoms with E-state index in [9.17, 15) is 0 Å². The van der Waals surface area contributed by atoms with E-state index in [1.165, 1.54) is 25.7 Å². The van der Waals surface area contributed by atoms with Crippen molar-refractivity contribution in [2.45, 2.75) is 37.8 Å². The molecule has 1 aliphatic carbocycles. The van der Waals surface area contributed by atoms with Gasteiger partial charge in [0.1, 0.15) is 0 Å². The lowest BCUT2D eigenvalue weighted by atomic mass is 9.90. The van der Waals surface area contributed by atoms with Gasteiger partial charge in [-0.2, -0.15) is 0 Å². The van der Waals surface area contributed by atoms with E-state index in [-0.39, 0.29) is 0 Å². The lowest BCUT2D eigenvalue weighted by Crippen LogP contribution is -2.39. The monoisotopic (exact) mass is 180 g/mol. The molecule has 0 atom stereocenters. The third kappa shape index (κ3) is 3.02. The first-order chi connectivity index (χ1) is 6.27. The molecule has 0 aromatic rings. The topological polar surface area (TPSA) is 15.3 Å². The minimum atomic E-state index is 0.709. The van der Waals surface area contributed by atoms with Gasteiger partial charge in [-0.25, -0.2) is 0 Å². The van der Waals surface area contributed by atoms with Crippen LogP contribution in [0.3, 0.4) is 0 Å². The zero-order valence-electron chi connectivity index (χ0n) is 8.71. The van der Waals surface area contributed by atoms with Crippen LogP contribution in [-0.2, 0) is 0 Å². The Morgan fingerprint density at radius 2 is 2.00 bits per heavy atom. The van der Waals surface area contributed by atoms with E-state index in [4.69, 9.17) is 6.42 Å². The van der Waals surface area contributed by atoms with Crippen LogP contribution in [0.15, 0.2) is 0 Å². The maximum absolute atomic E-state index is 5.29. The lowest BCUT2D eigenvalue weighted by Gasteiger charge is -2.33. The summed E-state index contributed by atoms with van der Waals surface area (Å²) in [5.74, 6) is 2.70. The number of hydrogen-bond acceptors (Lipinski definition) is 2. The quantitative estimate of drug-likeness (QED) is 0.654. The molecular weight excluding hydrogens is 160 g/mol. The zero-order chi connectivity index (χ0) is 9.68. The summed E-state index contributed by atoms with van der Waals surface area (Å²) in [4.78, 5) is 2.30. The first-order valence-electron chi connectivity index (χ1n) is 5.09. The summed E-state index contributed by atoms with van der Waals surface area (Å²) >= 11 is 0. The van der Waals surface area contributed by atoms with Crippen LogP contribution in [0, 0.1) is 12.3 Å². The minimum Gasteiger partial charge on any atom is -0.317 e. The number of nitrogens with zero attached hydrogens (tertiary/aromatic N) is 1. The predicted octanol–water partition coefficient (Wildman–Crippen LogP) is 1.08. The summed E-state index contributed by atoms with van der Waals surface area (Å²) in [6.45, 7) is 0.787. The molecule has 0 bridgehead atoms. The van der Waals surface area contributed by atoms with Crippen molar-refractivity contribution in [3.63, 3.8) is 0 Å². The maximum atomic E-state index is 5.29. The molecule has 0 unspecified atom stereocenters. The molecule has 0 spiro atoms. The normalized spacial score (nSPS) is 28.8. The van der Waals surface area contributed by atoms with Crippen LogP contribution in [0.1, 0.15) is 25.7 Å². The van der Waals surface area contributed by atoms with Crippen LogP contribution in [0.2, 0.25) is 0 Å². The van der Waals surface area contributed by atoms with Crippen LogP contribution in [0.25, 0.3) is 0 Å². The Morgan fingerprint density at radius 3 is 2.46 bits per heavy atom. The first kappa shape index (κ1) is 10.6. The van der Waals surface area contributed by atoms with Crippen LogP contribution in [0.4, 0.5) is 0 Å². The predicted molar refractivity (Wildman–Crippen MR) is 56.6 cm³/mol. The van der Waals surface area contributed by atoms with Gasteiger partial charge in [-0.15, -0.1) is 6.42 Å². The average Bonchev–Trinajstić information content (AvgIpc) is 2.18. The van der Waals surface area contributed by atoms with Gasteiger partial charge in [0.2, 0.25) is 0 Å². The highest BCUT2D eigenvalue weighted by Gasteiger charge is 2.22. The highest BCUT2D eigenvalue weighted by molar-refractivity contribution is 4.90. The fourth-order valence-corrected chi connectivity index (χ4v) is 2.08. The second kappa shape index (κ2) is 5.26. The third-order valence-corrected chi connectivity index (χ3v) is 3.07. The molecule has 0 radical (unpaired) electrons. The molecule has 2 nitrogen and oxygen atoms in total. The van der Waals surface area contributed by atoms with Gasteiger partial charge < -0.3 is 5.32 Å². The van der Waals surface area contributed by atoms with Crippen molar-refractivity contribution in [2.24, 2.45) is 0 Å². The standard InChI is InChI=1S/C11H20N2/c1-4-9-13(3)11-7-5-10(12-2)6-8-11/h1,10-12H,5-9H2,2-3H3. The molecule has 1 aliphatic rings. The molecule has 0 heterocycles. The Bertz CT molecular complexity index is 175. The molecule has 1 rings (SSSR count). The molecule has 0 aliphatic heterocycles. The second-order valence-electron chi connectivity index (χ2n) is 3.91. The van der Waals surface area contributed by atoms with Crippen molar-refractivity contribution in [3.05, 3.63) is 0 Å². The molecule has 13 heavy (non-hydrogen) atoms. The maximum Gasteiger partial charge on any atom is 0.0598 e. The summed E-state index contributed by atoms with van der Waals surface area (Å²) < 4.78 is 0. The van der Waals surface area contributed by atoms with Crippen molar-refractivity contribution < 1.29 is 0 Å². The van der Waals surface area contributed by atoms with Gasteiger partial charge in [0.15, 0.2) is 0 Å². The Labute approximate surface area is 81.7 Å². The highest BCUT2D eigenvalue weighted by Crippen LogP contribution is 2.21. The van der Waals surface area contributed by atoms with Gasteiger partial charge in [0, 0.05) is 12.1 Å². The van der Waals surface area contributed by atoms with E-state index in [1.54, 1.807) is 0 Å². The molecular formula is C11H20N2. The summed E-state index contributed by atoms with van der Waals surface area (Å²) in [7, 11) is 4.18. The van der Waals surface area contributed by atoms with Gasteiger partial charge >= 0.3 is 0 Å². The third-order valence-electron chi connectivity index (χ3n) is 3.07. The van der Waals surface area contributed by atoms with Gasteiger partial charge in [-0.05, 0) is 39.8 Å². The van der Waals surface area contributed by atoms with Crippen molar-refractivity contribution in [2.75, 3.05) is 20.6 Å². The van der Waals surface area contributed by atoms with Gasteiger partial charge in [0.05, 0.1) is 6.54 Å². The second-order valence-corrected chi connectivity index (χ2v) is 3.91. The van der Waals surface area contributed by atoms with Crippen LogP contribution in [0.5, 0.6) is 0 Å². The molecule has 0 saturated heterocycles. The van der Waals surface area contributed by atoms with E-state index < -0.39 is 0 Å². The fourth-order valence-electron chi connectivity index (χ4n) is 2.08. The van der Waals surface area contributed by atoms with Crippen LogP contribution in [-0.4, -0.2) is 37.6 Å². The largest absolute Gasteiger partial charge is 0.317 e. The first-order valence-corrected chi connectivity index (χ1v) is 5.09. The van der Waals surface area contributed by atoms with E-state index >= 15 is 0 Å². The Balaban J connectivity index is 2.28. The van der Waals surface area contributed by atoms with E-state index in [2.05, 4.69) is 30.2 Å². The van der Waals surface area contributed by atoms with Gasteiger partial charge in [-0.1, -0.05) is 5.92 Å². The van der Waals surface area contributed by atoms with E-state index in [0.717, 1.165) is 12.6 Å². The summed E-state index contributed by atoms with van der Waals surface area (Å²) in [6.07, 6.45) is 10.4. The number of hydrogen-bond donors (Lipinski definition) is 1. The van der Waals surface area contributed by atoms with Gasteiger partial charge in [-0.3, -0.25) is 4.90 Å². The smallest absolute Gasteiger partial charge is 0.0598 e. The van der Waals surface area contributed by atoms with Crippen molar-refractivity contribution in [1.29, 1.82) is 0 Å². The lowest BCUT2D eigenvalue weighted by molar-refractivity contribution is 0.194. The number of rotatable bonds is 3. The highest BCUT2D eigenvalue weighted by atomic mass is 15.1. The summed E-state index contributed by atoms with van der Waals surface area (Å²) in [6, 6.07) is 1.44. The number of nitrogens with one attached hydrogen (secondary N) is 1. The molecule has 2 heteroatoms. The SMILES string of the molecule is C#CCN(C)C1CCC(NC)CC1. The molecule has 1 N–H and O–H groups in total. The summed E-state index contributed by atoms with van der Waals surface area (Å²) in [5, 5.41) is 3.34. The fraction of sp³-hybridized carbons (Fsp3) is 0.818. The van der Waals surface area contributed by atoms with Crippen molar-refractivity contribution >= 4 is 0 Å². The van der Waals surface area contributed by atoms with Crippen LogP contribution < -0.4 is 5.32 Å². The molecule has 0 aromatic heterocycles. The molecule has 1 fully saturated rings. The van der Waals surface area contributed by atoms with E-state index in [1.807, 2.05) is 0 Å². The molecule has 1 saturated carbocycles. The van der Waals surface area contributed by atoms with Crippen LogP contribution >= 0.6 is 0 Å². The molecule has 0 amide bonds. The average molecular weight is 180 g/mol. The van der Waals surface area contributed by atoms with Crippen molar-refractivity contribution in [3.8, 4) is 12.3 Å². The minimum absolute atomic E-state index is 0.709.